The fourth-order valence-corrected chi connectivity index (χ4v) is 5.68. The lowest BCUT2D eigenvalue weighted by Crippen LogP contribution is -2.41. The average Bonchev–Trinajstić information content (AvgIpc) is 3.18. The maximum Gasteiger partial charge on any atom is 0.320 e. The third-order valence-corrected chi connectivity index (χ3v) is 8.05. The summed E-state index contributed by atoms with van der Waals surface area (Å²) in [7, 11) is 0. The minimum absolute atomic E-state index is 0.0974. The zero-order chi connectivity index (χ0) is 27.1. The quantitative estimate of drug-likeness (QED) is 0.317. The maximum atomic E-state index is 13.6. The lowest BCUT2D eigenvalue weighted by atomic mass is 9.90. The first-order chi connectivity index (χ1) is 17.4. The van der Waals surface area contributed by atoms with Crippen LogP contribution < -0.4 is 16.0 Å². The predicted molar refractivity (Wildman–Crippen MR) is 146 cm³/mol. The number of hydrogen-bond acceptors (Lipinski definition) is 5. The van der Waals surface area contributed by atoms with Crippen molar-refractivity contribution in [2.24, 2.45) is 5.92 Å². The molecule has 3 amide bonds. The molecule has 0 unspecified atom stereocenters. The molecule has 1 aromatic heterocycles. The van der Waals surface area contributed by atoms with Crippen LogP contribution in [0.4, 0.5) is 10.6 Å². The van der Waals surface area contributed by atoms with Gasteiger partial charge in [0, 0.05) is 36.5 Å². The van der Waals surface area contributed by atoms with E-state index >= 15 is 0 Å². The third kappa shape index (κ3) is 5.07. The molecular formula is C29H39N5O3. The Labute approximate surface area is 219 Å². The molecule has 4 rings (SSSR count). The maximum absolute atomic E-state index is 13.6. The SMILES string of the molecule is C=C(/C=C\C(=C/C)C(=O)N1C[C@@H](C[C@H](C)Nc2ncc(C)cc2C)C[C@@]12C[C@@H]2O)[C@@]1(C)NC(=O)NC1=C. The van der Waals surface area contributed by atoms with Crippen molar-refractivity contribution in [1.82, 2.24) is 20.5 Å². The van der Waals surface area contributed by atoms with Crippen molar-refractivity contribution in [3.8, 4) is 0 Å². The lowest BCUT2D eigenvalue weighted by Gasteiger charge is -2.26. The number of aliphatic hydroxyl groups is 1. The fraction of sp³-hybridized carbons (Fsp3) is 0.483. The minimum Gasteiger partial charge on any atom is -0.391 e. The molecular weight excluding hydrogens is 466 g/mol. The first-order valence-corrected chi connectivity index (χ1v) is 12.9. The van der Waals surface area contributed by atoms with Crippen LogP contribution in [0.15, 0.2) is 60.5 Å². The molecule has 1 aliphatic carbocycles. The lowest BCUT2D eigenvalue weighted by molar-refractivity contribution is -0.129. The van der Waals surface area contributed by atoms with Gasteiger partial charge >= 0.3 is 6.03 Å². The van der Waals surface area contributed by atoms with Gasteiger partial charge in [-0.1, -0.05) is 31.4 Å². The highest BCUT2D eigenvalue weighted by molar-refractivity contribution is 5.97. The van der Waals surface area contributed by atoms with Crippen molar-refractivity contribution in [1.29, 1.82) is 0 Å². The van der Waals surface area contributed by atoms with E-state index in [1.54, 1.807) is 18.2 Å². The van der Waals surface area contributed by atoms with E-state index in [-0.39, 0.29) is 23.9 Å². The zero-order valence-electron chi connectivity index (χ0n) is 22.5. The normalized spacial score (nSPS) is 30.0. The molecule has 3 fully saturated rings. The van der Waals surface area contributed by atoms with Gasteiger partial charge in [0.2, 0.25) is 0 Å². The zero-order valence-corrected chi connectivity index (χ0v) is 22.5. The Bertz CT molecular complexity index is 1200. The monoisotopic (exact) mass is 505 g/mol. The number of aliphatic hydroxyl groups excluding tert-OH is 1. The fourth-order valence-electron chi connectivity index (χ4n) is 5.68. The number of aryl methyl sites for hydroxylation is 2. The van der Waals surface area contributed by atoms with E-state index < -0.39 is 17.2 Å². The summed E-state index contributed by atoms with van der Waals surface area (Å²) >= 11 is 0. The van der Waals surface area contributed by atoms with Crippen molar-refractivity contribution in [3.63, 3.8) is 0 Å². The van der Waals surface area contributed by atoms with Gasteiger partial charge in [-0.3, -0.25) is 4.79 Å². The summed E-state index contributed by atoms with van der Waals surface area (Å²) in [6.07, 6.45) is 8.90. The molecule has 1 aromatic rings. The van der Waals surface area contributed by atoms with Crippen molar-refractivity contribution < 1.29 is 14.7 Å². The molecule has 2 saturated heterocycles. The minimum atomic E-state index is -0.823. The number of allylic oxidation sites excluding steroid dienone is 1. The van der Waals surface area contributed by atoms with Gasteiger partial charge in [-0.15, -0.1) is 0 Å². The molecule has 0 bridgehead atoms. The molecule has 8 heteroatoms. The molecule has 0 radical (unpaired) electrons. The molecule has 1 spiro atoms. The highest BCUT2D eigenvalue weighted by Gasteiger charge is 2.63. The Morgan fingerprint density at radius 3 is 2.65 bits per heavy atom. The number of likely N-dealkylation sites (tertiary alicyclic amines) is 1. The Morgan fingerprint density at radius 2 is 2.08 bits per heavy atom. The highest BCUT2D eigenvalue weighted by Crippen LogP contribution is 2.53. The van der Waals surface area contributed by atoms with Crippen LogP contribution in [-0.4, -0.2) is 56.7 Å². The molecule has 1 saturated carbocycles. The summed E-state index contributed by atoms with van der Waals surface area (Å²) in [5.41, 5.74) is 2.59. The van der Waals surface area contributed by atoms with E-state index in [4.69, 9.17) is 0 Å². The van der Waals surface area contributed by atoms with Gasteiger partial charge in [0.1, 0.15) is 11.4 Å². The van der Waals surface area contributed by atoms with Crippen LogP contribution in [0.1, 0.15) is 51.2 Å². The summed E-state index contributed by atoms with van der Waals surface area (Å²) in [5.74, 6) is 1.06. The number of nitrogens with one attached hydrogen (secondary N) is 3. The number of amides is 3. The number of urea groups is 1. The van der Waals surface area contributed by atoms with Gasteiger partial charge in [-0.2, -0.15) is 0 Å². The van der Waals surface area contributed by atoms with E-state index in [2.05, 4.69) is 54.0 Å². The second-order valence-corrected chi connectivity index (χ2v) is 11.1. The average molecular weight is 506 g/mol. The molecule has 198 valence electrons. The van der Waals surface area contributed by atoms with Crippen molar-refractivity contribution in [2.75, 3.05) is 11.9 Å². The van der Waals surface area contributed by atoms with Crippen LogP contribution in [0.25, 0.3) is 0 Å². The molecule has 4 N–H and O–H groups in total. The van der Waals surface area contributed by atoms with Crippen molar-refractivity contribution >= 4 is 17.8 Å². The molecule has 37 heavy (non-hydrogen) atoms. The number of anilines is 1. The molecule has 8 nitrogen and oxygen atoms in total. The Kier molecular flexibility index (Phi) is 7.08. The molecule has 5 atom stereocenters. The number of pyridine rings is 1. The van der Waals surface area contributed by atoms with Gasteiger partial charge < -0.3 is 26.0 Å². The summed E-state index contributed by atoms with van der Waals surface area (Å²) < 4.78 is 0. The summed E-state index contributed by atoms with van der Waals surface area (Å²) in [4.78, 5) is 31.8. The Morgan fingerprint density at radius 1 is 1.38 bits per heavy atom. The number of aromatic nitrogens is 1. The van der Waals surface area contributed by atoms with E-state index in [9.17, 15) is 14.7 Å². The second-order valence-electron chi connectivity index (χ2n) is 11.1. The van der Waals surface area contributed by atoms with Crippen LogP contribution in [0.2, 0.25) is 0 Å². The highest BCUT2D eigenvalue weighted by atomic mass is 16.3. The number of nitrogens with zero attached hydrogens (tertiary/aromatic N) is 2. The smallest absolute Gasteiger partial charge is 0.320 e. The van der Waals surface area contributed by atoms with Crippen LogP contribution in [0.5, 0.6) is 0 Å². The van der Waals surface area contributed by atoms with Crippen LogP contribution >= 0.6 is 0 Å². The van der Waals surface area contributed by atoms with E-state index in [1.165, 1.54) is 0 Å². The predicted octanol–water partition coefficient (Wildman–Crippen LogP) is 3.88. The van der Waals surface area contributed by atoms with Crippen LogP contribution in [0, 0.1) is 19.8 Å². The molecule has 3 aliphatic rings. The summed E-state index contributed by atoms with van der Waals surface area (Å²) in [6.45, 7) is 18.5. The van der Waals surface area contributed by atoms with Crippen molar-refractivity contribution in [3.05, 3.63) is 71.6 Å². The largest absolute Gasteiger partial charge is 0.391 e. The first kappa shape index (κ1) is 26.7. The number of hydrogen-bond donors (Lipinski definition) is 4. The molecule has 0 aromatic carbocycles. The van der Waals surface area contributed by atoms with Gasteiger partial charge in [0.25, 0.3) is 5.91 Å². The molecule has 3 heterocycles. The van der Waals surface area contributed by atoms with E-state index in [0.717, 1.165) is 29.8 Å². The topological polar surface area (TPSA) is 107 Å². The van der Waals surface area contributed by atoms with E-state index in [1.807, 2.05) is 31.9 Å². The Balaban J connectivity index is 1.42. The van der Waals surface area contributed by atoms with Gasteiger partial charge in [0.15, 0.2) is 0 Å². The first-order valence-electron chi connectivity index (χ1n) is 12.9. The number of carbonyl (C=O) groups is 2. The van der Waals surface area contributed by atoms with Crippen LogP contribution in [0.3, 0.4) is 0 Å². The number of carbonyl (C=O) groups excluding carboxylic acids is 2. The number of rotatable bonds is 8. The van der Waals surface area contributed by atoms with E-state index in [0.29, 0.717) is 29.8 Å². The van der Waals surface area contributed by atoms with Crippen LogP contribution in [-0.2, 0) is 4.79 Å². The van der Waals surface area contributed by atoms with Crippen molar-refractivity contribution in [2.45, 2.75) is 77.1 Å². The molecule has 2 aliphatic heterocycles. The Hall–Kier alpha value is -3.39. The summed E-state index contributed by atoms with van der Waals surface area (Å²) in [5, 5.41) is 19.6. The standard InChI is InChI=1S/C29H39N5O3/c1-8-23(10-9-19(4)28(7)21(6)32-27(37)33-28)26(36)34-16-22(13-29(34)14-24(29)35)12-20(5)31-25-18(3)11-17(2)15-30-25/h8-11,15,20,22,24,35H,4,6,12-14,16H2,1-3,5,7H3,(H,30,31)(H2,32,33,37)/b10-9-,23-8+/t20-,22-,24-,28+,29-/m0/s1. The van der Waals surface area contributed by atoms with Gasteiger partial charge in [-0.25, -0.2) is 9.78 Å². The van der Waals surface area contributed by atoms with Gasteiger partial charge in [-0.05, 0) is 76.2 Å². The summed E-state index contributed by atoms with van der Waals surface area (Å²) in [6, 6.07) is 1.96. The second kappa shape index (κ2) is 9.82. The van der Waals surface area contributed by atoms with Gasteiger partial charge in [0.05, 0.1) is 11.6 Å². The third-order valence-electron chi connectivity index (χ3n) is 8.05.